The summed E-state index contributed by atoms with van der Waals surface area (Å²) < 4.78 is 12.8. The first kappa shape index (κ1) is 16.9. The van der Waals surface area contributed by atoms with Crippen molar-refractivity contribution in [2.24, 2.45) is 0 Å². The second kappa shape index (κ2) is 7.03. The maximum Gasteiger partial charge on any atom is 0.158 e. The van der Waals surface area contributed by atoms with Gasteiger partial charge in [0.25, 0.3) is 0 Å². The van der Waals surface area contributed by atoms with Crippen molar-refractivity contribution >= 4 is 11.5 Å². The van der Waals surface area contributed by atoms with Crippen LogP contribution in [0.25, 0.3) is 16.9 Å². The normalized spacial score (nSPS) is 13.5. The maximum atomic E-state index is 5.49. The molecule has 0 fully saturated rings. The Morgan fingerprint density at radius 3 is 2.93 bits per heavy atom. The van der Waals surface area contributed by atoms with Crippen LogP contribution in [0.2, 0.25) is 0 Å². The van der Waals surface area contributed by atoms with Crippen LogP contribution < -0.4 is 10.1 Å². The Labute approximate surface area is 163 Å². The Morgan fingerprint density at radius 2 is 2.07 bits per heavy atom. The fourth-order valence-corrected chi connectivity index (χ4v) is 3.84. The molecule has 1 aliphatic rings. The Bertz CT molecular complexity index is 1120. The van der Waals surface area contributed by atoms with Crippen LogP contribution in [-0.4, -0.2) is 21.7 Å². The maximum absolute atomic E-state index is 5.49. The van der Waals surface area contributed by atoms with Gasteiger partial charge >= 0.3 is 0 Å². The van der Waals surface area contributed by atoms with E-state index in [4.69, 9.17) is 19.2 Å². The van der Waals surface area contributed by atoms with Crippen LogP contribution in [0.15, 0.2) is 53.1 Å². The first-order valence-corrected chi connectivity index (χ1v) is 9.64. The molecule has 3 aromatic heterocycles. The third-order valence-electron chi connectivity index (χ3n) is 5.25. The third kappa shape index (κ3) is 3.01. The van der Waals surface area contributed by atoms with Crippen molar-refractivity contribution in [2.75, 3.05) is 12.4 Å². The fraction of sp³-hybridized carbons (Fsp3) is 0.273. The number of ether oxygens (including phenoxy) is 1. The van der Waals surface area contributed by atoms with Crippen LogP contribution >= 0.6 is 0 Å². The molecule has 3 heterocycles. The van der Waals surface area contributed by atoms with Crippen molar-refractivity contribution in [3.05, 3.63) is 65.7 Å². The van der Waals surface area contributed by atoms with Crippen molar-refractivity contribution in [1.29, 1.82) is 0 Å². The second-order valence-electron chi connectivity index (χ2n) is 7.06. The summed E-state index contributed by atoms with van der Waals surface area (Å²) in [4.78, 5) is 4.92. The largest absolute Gasteiger partial charge is 0.497 e. The molecular formula is C22H22N4O2. The smallest absolute Gasteiger partial charge is 0.158 e. The van der Waals surface area contributed by atoms with Gasteiger partial charge in [0.15, 0.2) is 5.65 Å². The van der Waals surface area contributed by atoms with Crippen molar-refractivity contribution in [1.82, 2.24) is 14.6 Å². The topological polar surface area (TPSA) is 64.6 Å². The molecule has 0 spiro atoms. The molecular weight excluding hydrogens is 352 g/mol. The molecule has 0 unspecified atom stereocenters. The van der Waals surface area contributed by atoms with Crippen molar-refractivity contribution in [3.63, 3.8) is 0 Å². The molecule has 0 amide bonds. The lowest BCUT2D eigenvalue weighted by atomic mass is 9.96. The lowest BCUT2D eigenvalue weighted by molar-refractivity contribution is 0.415. The van der Waals surface area contributed by atoms with Gasteiger partial charge in [-0.05, 0) is 49.9 Å². The first-order chi connectivity index (χ1) is 13.8. The van der Waals surface area contributed by atoms with Gasteiger partial charge in [0.2, 0.25) is 0 Å². The second-order valence-corrected chi connectivity index (χ2v) is 7.06. The molecule has 28 heavy (non-hydrogen) atoms. The molecule has 0 atom stereocenters. The van der Waals surface area contributed by atoms with Crippen LogP contribution in [0, 0.1) is 0 Å². The molecule has 0 saturated carbocycles. The Kier molecular flexibility index (Phi) is 4.24. The highest BCUT2D eigenvalue weighted by Crippen LogP contribution is 2.31. The van der Waals surface area contributed by atoms with Crippen LogP contribution in [0.1, 0.15) is 29.9 Å². The Morgan fingerprint density at radius 1 is 1.14 bits per heavy atom. The van der Waals surface area contributed by atoms with E-state index >= 15 is 0 Å². The van der Waals surface area contributed by atoms with E-state index in [1.54, 1.807) is 13.4 Å². The fourth-order valence-electron chi connectivity index (χ4n) is 3.84. The minimum Gasteiger partial charge on any atom is -0.497 e. The van der Waals surface area contributed by atoms with E-state index in [2.05, 4.69) is 5.32 Å². The van der Waals surface area contributed by atoms with E-state index in [1.165, 1.54) is 24.1 Å². The summed E-state index contributed by atoms with van der Waals surface area (Å²) in [7, 11) is 1.68. The number of hydrogen-bond acceptors (Lipinski definition) is 5. The Balaban J connectivity index is 1.61. The van der Waals surface area contributed by atoms with Gasteiger partial charge in [-0.1, -0.05) is 12.1 Å². The average Bonchev–Trinajstić information content (AvgIpc) is 3.41. The summed E-state index contributed by atoms with van der Waals surface area (Å²) in [6, 6.07) is 13.9. The minimum absolute atomic E-state index is 0.618. The van der Waals surface area contributed by atoms with Gasteiger partial charge in [0.1, 0.15) is 17.3 Å². The number of fused-ring (bicyclic) bond motifs is 2. The van der Waals surface area contributed by atoms with E-state index in [-0.39, 0.29) is 0 Å². The number of benzene rings is 1. The van der Waals surface area contributed by atoms with Crippen molar-refractivity contribution < 1.29 is 9.15 Å². The van der Waals surface area contributed by atoms with Crippen molar-refractivity contribution in [3.8, 4) is 17.0 Å². The summed E-state index contributed by atoms with van der Waals surface area (Å²) in [5.74, 6) is 2.73. The van der Waals surface area contributed by atoms with Crippen LogP contribution in [0.3, 0.4) is 0 Å². The van der Waals surface area contributed by atoms with Gasteiger partial charge in [-0.2, -0.15) is 9.61 Å². The van der Waals surface area contributed by atoms with Gasteiger partial charge in [0.05, 0.1) is 25.6 Å². The predicted molar refractivity (Wildman–Crippen MR) is 108 cm³/mol. The van der Waals surface area contributed by atoms with E-state index in [1.807, 2.05) is 47.0 Å². The molecule has 4 aromatic rings. The van der Waals surface area contributed by atoms with E-state index in [0.717, 1.165) is 47.1 Å². The van der Waals surface area contributed by atoms with E-state index < -0.39 is 0 Å². The molecule has 1 N–H and O–H groups in total. The number of aryl methyl sites for hydroxylation is 1. The molecule has 6 nitrogen and oxygen atoms in total. The summed E-state index contributed by atoms with van der Waals surface area (Å²) in [6.45, 7) is 0.618. The number of aromatic nitrogens is 3. The number of nitrogens with one attached hydrogen (secondary N) is 1. The highest BCUT2D eigenvalue weighted by atomic mass is 16.5. The predicted octanol–water partition coefficient (Wildman–Crippen LogP) is 4.49. The number of furan rings is 1. The number of anilines is 1. The number of nitrogens with zero attached hydrogens (tertiary/aromatic N) is 3. The molecule has 5 rings (SSSR count). The zero-order valence-electron chi connectivity index (χ0n) is 15.8. The molecule has 6 heteroatoms. The van der Waals surface area contributed by atoms with Crippen LogP contribution in [0.4, 0.5) is 5.82 Å². The molecule has 0 bridgehead atoms. The monoisotopic (exact) mass is 374 g/mol. The Hall–Kier alpha value is -3.28. The van der Waals surface area contributed by atoms with E-state index in [0.29, 0.717) is 6.54 Å². The zero-order chi connectivity index (χ0) is 18.9. The van der Waals surface area contributed by atoms with Gasteiger partial charge in [0, 0.05) is 22.9 Å². The quantitative estimate of drug-likeness (QED) is 0.558. The molecule has 1 aliphatic carbocycles. The molecule has 1 aromatic carbocycles. The first-order valence-electron chi connectivity index (χ1n) is 9.64. The number of methoxy groups -OCH3 is 1. The lowest BCUT2D eigenvalue weighted by Gasteiger charge is -2.20. The molecule has 0 saturated heterocycles. The number of hydrogen-bond donors (Lipinski definition) is 1. The van der Waals surface area contributed by atoms with Crippen LogP contribution in [0.5, 0.6) is 5.75 Å². The molecule has 142 valence electrons. The molecule has 0 aliphatic heterocycles. The zero-order valence-corrected chi connectivity index (χ0v) is 15.8. The summed E-state index contributed by atoms with van der Waals surface area (Å²) in [5, 5.41) is 8.42. The van der Waals surface area contributed by atoms with Gasteiger partial charge in [-0.25, -0.2) is 4.98 Å². The summed E-state index contributed by atoms with van der Waals surface area (Å²) in [6.07, 6.45) is 6.10. The lowest BCUT2D eigenvalue weighted by Crippen LogP contribution is -2.15. The number of rotatable bonds is 5. The SMILES string of the molecule is COc1cccc(-c2cc3nc4c(c(NCc5ccco5)n3n2)CCCC4)c1. The highest BCUT2D eigenvalue weighted by molar-refractivity contribution is 5.68. The summed E-state index contributed by atoms with van der Waals surface area (Å²) in [5.41, 5.74) is 5.21. The van der Waals surface area contributed by atoms with E-state index in [9.17, 15) is 0 Å². The van der Waals surface area contributed by atoms with Gasteiger partial charge in [-0.3, -0.25) is 0 Å². The minimum atomic E-state index is 0.618. The van der Waals surface area contributed by atoms with Gasteiger partial charge < -0.3 is 14.5 Å². The molecule has 0 radical (unpaired) electrons. The summed E-state index contributed by atoms with van der Waals surface area (Å²) >= 11 is 0. The average molecular weight is 374 g/mol. The highest BCUT2D eigenvalue weighted by Gasteiger charge is 2.20. The van der Waals surface area contributed by atoms with Crippen LogP contribution in [-0.2, 0) is 19.4 Å². The standard InChI is InChI=1S/C22H22N4O2/c1-27-16-7-4-6-15(12-16)20-13-21-24-19-10-3-2-9-18(19)22(26(21)25-20)23-14-17-8-5-11-28-17/h4-8,11-13,23H,2-3,9-10,14H2,1H3. The van der Waals surface area contributed by atoms with Gasteiger partial charge in [-0.15, -0.1) is 0 Å². The van der Waals surface area contributed by atoms with Crippen molar-refractivity contribution in [2.45, 2.75) is 32.2 Å². The third-order valence-corrected chi connectivity index (χ3v) is 5.25.